The molecule has 0 saturated carbocycles. The zero-order valence-corrected chi connectivity index (χ0v) is 12.0. The molecule has 0 aliphatic rings. The third-order valence-corrected chi connectivity index (χ3v) is 3.75. The summed E-state index contributed by atoms with van der Waals surface area (Å²) in [4.78, 5) is 22.8. The molecule has 0 aromatic carbocycles. The molecule has 0 aliphatic heterocycles. The van der Waals surface area contributed by atoms with Crippen molar-refractivity contribution in [2.45, 2.75) is 39.3 Å². The van der Waals surface area contributed by atoms with Crippen LogP contribution in [0.25, 0.3) is 0 Å². The van der Waals surface area contributed by atoms with Crippen LogP contribution in [-0.2, 0) is 11.3 Å². The number of amides is 1. The number of rotatable bonds is 8. The SMILES string of the molecule is CCC(C)NC(=O)CCNCc1ccsc1C(=O)O. The summed E-state index contributed by atoms with van der Waals surface area (Å²) in [7, 11) is 0. The number of carboxylic acid groups (broad SMARTS) is 1. The van der Waals surface area contributed by atoms with Gasteiger partial charge in [0.05, 0.1) is 0 Å². The predicted octanol–water partition coefficient (Wildman–Crippen LogP) is 1.84. The molecule has 0 aliphatic carbocycles. The van der Waals surface area contributed by atoms with E-state index in [-0.39, 0.29) is 11.9 Å². The minimum absolute atomic E-state index is 0.0191. The van der Waals surface area contributed by atoms with E-state index in [9.17, 15) is 9.59 Å². The lowest BCUT2D eigenvalue weighted by molar-refractivity contribution is -0.121. The molecule has 1 heterocycles. The van der Waals surface area contributed by atoms with Gasteiger partial charge in [0.25, 0.3) is 0 Å². The van der Waals surface area contributed by atoms with E-state index in [1.807, 2.05) is 13.8 Å². The second-order valence-electron chi connectivity index (χ2n) is 4.38. The first-order chi connectivity index (χ1) is 9.04. The van der Waals surface area contributed by atoms with Gasteiger partial charge in [0.1, 0.15) is 4.88 Å². The molecule has 1 rings (SSSR count). The fraction of sp³-hybridized carbons (Fsp3) is 0.538. The predicted molar refractivity (Wildman–Crippen MR) is 75.5 cm³/mol. The van der Waals surface area contributed by atoms with Crippen molar-refractivity contribution >= 4 is 23.2 Å². The van der Waals surface area contributed by atoms with Gasteiger partial charge < -0.3 is 15.7 Å². The molecule has 1 aromatic rings. The van der Waals surface area contributed by atoms with Crippen molar-refractivity contribution < 1.29 is 14.7 Å². The van der Waals surface area contributed by atoms with E-state index < -0.39 is 5.97 Å². The van der Waals surface area contributed by atoms with Crippen LogP contribution in [0.15, 0.2) is 11.4 Å². The molecule has 106 valence electrons. The van der Waals surface area contributed by atoms with E-state index in [0.717, 1.165) is 12.0 Å². The number of carboxylic acids is 1. The molecule has 6 heteroatoms. The number of carbonyl (C=O) groups excluding carboxylic acids is 1. The molecule has 5 nitrogen and oxygen atoms in total. The van der Waals surface area contributed by atoms with Crippen LogP contribution in [0.3, 0.4) is 0 Å². The summed E-state index contributed by atoms with van der Waals surface area (Å²) in [5.41, 5.74) is 0.764. The molecule has 19 heavy (non-hydrogen) atoms. The fourth-order valence-electron chi connectivity index (χ4n) is 1.54. The summed E-state index contributed by atoms with van der Waals surface area (Å²) >= 11 is 1.21. The summed E-state index contributed by atoms with van der Waals surface area (Å²) in [6.45, 7) is 5.00. The van der Waals surface area contributed by atoms with Crippen LogP contribution < -0.4 is 10.6 Å². The summed E-state index contributed by atoms with van der Waals surface area (Å²) in [6, 6.07) is 1.99. The number of hydrogen-bond acceptors (Lipinski definition) is 4. The Kier molecular flexibility index (Phi) is 6.52. The topological polar surface area (TPSA) is 78.4 Å². The summed E-state index contributed by atoms with van der Waals surface area (Å²) < 4.78 is 0. The molecule has 0 fully saturated rings. The Balaban J connectivity index is 2.25. The number of aromatic carboxylic acids is 1. The standard InChI is InChI=1S/C13H20N2O3S/c1-3-9(2)15-11(16)4-6-14-8-10-5-7-19-12(10)13(17)18/h5,7,9,14H,3-4,6,8H2,1-2H3,(H,15,16)(H,17,18). The van der Waals surface area contributed by atoms with Crippen LogP contribution in [0.2, 0.25) is 0 Å². The van der Waals surface area contributed by atoms with E-state index in [4.69, 9.17) is 5.11 Å². The average molecular weight is 284 g/mol. The van der Waals surface area contributed by atoms with Gasteiger partial charge in [-0.3, -0.25) is 4.79 Å². The summed E-state index contributed by atoms with van der Waals surface area (Å²) in [5, 5.41) is 16.7. The van der Waals surface area contributed by atoms with Gasteiger partial charge in [0, 0.05) is 25.6 Å². The highest BCUT2D eigenvalue weighted by molar-refractivity contribution is 7.12. The van der Waals surface area contributed by atoms with Crippen molar-refractivity contribution in [1.29, 1.82) is 0 Å². The molecular weight excluding hydrogens is 264 g/mol. The Morgan fingerprint density at radius 1 is 1.47 bits per heavy atom. The van der Waals surface area contributed by atoms with Crippen LogP contribution in [0.5, 0.6) is 0 Å². The van der Waals surface area contributed by atoms with Crippen molar-refractivity contribution in [3.63, 3.8) is 0 Å². The molecule has 0 bridgehead atoms. The Labute approximate surface area is 117 Å². The largest absolute Gasteiger partial charge is 0.477 e. The van der Waals surface area contributed by atoms with E-state index in [0.29, 0.717) is 24.4 Å². The Bertz CT molecular complexity index is 431. The highest BCUT2D eigenvalue weighted by Gasteiger charge is 2.11. The molecule has 1 unspecified atom stereocenters. The monoisotopic (exact) mass is 284 g/mol. The lowest BCUT2D eigenvalue weighted by atomic mass is 10.2. The maximum absolute atomic E-state index is 11.5. The zero-order chi connectivity index (χ0) is 14.3. The quantitative estimate of drug-likeness (QED) is 0.637. The van der Waals surface area contributed by atoms with Gasteiger partial charge in [-0.05, 0) is 30.4 Å². The fourth-order valence-corrected chi connectivity index (χ4v) is 2.30. The Hall–Kier alpha value is -1.40. The van der Waals surface area contributed by atoms with Gasteiger partial charge in [-0.25, -0.2) is 4.79 Å². The molecule has 3 N–H and O–H groups in total. The highest BCUT2D eigenvalue weighted by atomic mass is 32.1. The maximum atomic E-state index is 11.5. The molecule has 0 saturated heterocycles. The lowest BCUT2D eigenvalue weighted by Gasteiger charge is -2.11. The van der Waals surface area contributed by atoms with Crippen LogP contribution >= 0.6 is 11.3 Å². The van der Waals surface area contributed by atoms with Gasteiger partial charge in [0.15, 0.2) is 0 Å². The third kappa shape index (κ3) is 5.40. The Morgan fingerprint density at radius 2 is 2.21 bits per heavy atom. The van der Waals surface area contributed by atoms with Crippen molar-refractivity contribution in [2.75, 3.05) is 6.54 Å². The van der Waals surface area contributed by atoms with Crippen LogP contribution in [0, 0.1) is 0 Å². The van der Waals surface area contributed by atoms with Crippen molar-refractivity contribution in [3.8, 4) is 0 Å². The Morgan fingerprint density at radius 3 is 2.84 bits per heavy atom. The van der Waals surface area contributed by atoms with Crippen LogP contribution in [0.4, 0.5) is 0 Å². The molecule has 0 spiro atoms. The molecule has 1 amide bonds. The van der Waals surface area contributed by atoms with E-state index in [1.165, 1.54) is 11.3 Å². The van der Waals surface area contributed by atoms with Gasteiger partial charge in [0.2, 0.25) is 5.91 Å². The minimum atomic E-state index is -0.902. The number of carbonyl (C=O) groups is 2. The lowest BCUT2D eigenvalue weighted by Crippen LogP contribution is -2.33. The van der Waals surface area contributed by atoms with Gasteiger partial charge in [-0.15, -0.1) is 11.3 Å². The second kappa shape index (κ2) is 7.91. The van der Waals surface area contributed by atoms with Gasteiger partial charge in [-0.1, -0.05) is 6.92 Å². The number of nitrogens with one attached hydrogen (secondary N) is 2. The highest BCUT2D eigenvalue weighted by Crippen LogP contribution is 2.16. The van der Waals surface area contributed by atoms with Crippen molar-refractivity contribution in [3.05, 3.63) is 21.9 Å². The number of hydrogen-bond donors (Lipinski definition) is 3. The van der Waals surface area contributed by atoms with Gasteiger partial charge >= 0.3 is 5.97 Å². The van der Waals surface area contributed by atoms with Gasteiger partial charge in [-0.2, -0.15) is 0 Å². The summed E-state index contributed by atoms with van der Waals surface area (Å²) in [5.74, 6) is -0.882. The summed E-state index contributed by atoms with van der Waals surface area (Å²) in [6.07, 6.45) is 1.31. The van der Waals surface area contributed by atoms with Crippen LogP contribution in [-0.4, -0.2) is 29.6 Å². The smallest absolute Gasteiger partial charge is 0.346 e. The zero-order valence-electron chi connectivity index (χ0n) is 11.2. The first-order valence-electron chi connectivity index (χ1n) is 6.34. The molecule has 1 aromatic heterocycles. The van der Waals surface area contributed by atoms with E-state index >= 15 is 0 Å². The minimum Gasteiger partial charge on any atom is -0.477 e. The first kappa shape index (κ1) is 15.7. The van der Waals surface area contributed by atoms with Crippen LogP contribution in [0.1, 0.15) is 41.9 Å². The third-order valence-electron chi connectivity index (χ3n) is 2.81. The van der Waals surface area contributed by atoms with Crippen molar-refractivity contribution in [2.24, 2.45) is 0 Å². The van der Waals surface area contributed by atoms with E-state index in [1.54, 1.807) is 11.4 Å². The average Bonchev–Trinajstić information content (AvgIpc) is 2.83. The molecular formula is C13H20N2O3S. The maximum Gasteiger partial charge on any atom is 0.346 e. The van der Waals surface area contributed by atoms with Crippen molar-refractivity contribution in [1.82, 2.24) is 10.6 Å². The second-order valence-corrected chi connectivity index (χ2v) is 5.30. The molecule has 0 radical (unpaired) electrons. The van der Waals surface area contributed by atoms with E-state index in [2.05, 4.69) is 10.6 Å². The first-order valence-corrected chi connectivity index (χ1v) is 7.22. The normalized spacial score (nSPS) is 12.1. The number of thiophene rings is 1. The molecule has 1 atom stereocenters.